The Labute approximate surface area is 94.6 Å². The van der Waals surface area contributed by atoms with Gasteiger partial charge in [0.15, 0.2) is 5.75 Å². The highest BCUT2D eigenvalue weighted by Gasteiger charge is 2.01. The zero-order valence-electron chi connectivity index (χ0n) is 9.26. The molecule has 0 bridgehead atoms. The van der Waals surface area contributed by atoms with Crippen molar-refractivity contribution in [3.8, 4) is 11.4 Å². The zero-order chi connectivity index (χ0) is 11.4. The third-order valence-corrected chi connectivity index (χ3v) is 2.21. The van der Waals surface area contributed by atoms with Gasteiger partial charge < -0.3 is 10.5 Å². The largest absolute Gasteiger partial charge is 0.489 e. The van der Waals surface area contributed by atoms with E-state index in [1.54, 1.807) is 10.9 Å². The van der Waals surface area contributed by atoms with Gasteiger partial charge in [0.25, 0.3) is 0 Å². The summed E-state index contributed by atoms with van der Waals surface area (Å²) in [5, 5.41) is 4.23. The van der Waals surface area contributed by atoms with Crippen LogP contribution in [-0.2, 0) is 0 Å². The molecule has 0 atom stereocenters. The Morgan fingerprint density at radius 3 is 3.06 bits per heavy atom. The van der Waals surface area contributed by atoms with E-state index in [0.717, 1.165) is 11.4 Å². The topological polar surface area (TPSA) is 53.1 Å². The molecule has 4 nitrogen and oxygen atoms in total. The molecule has 0 radical (unpaired) electrons. The maximum atomic E-state index is 5.38. The van der Waals surface area contributed by atoms with E-state index in [4.69, 9.17) is 10.5 Å². The minimum Gasteiger partial charge on any atom is -0.489 e. The molecule has 0 spiro atoms. The van der Waals surface area contributed by atoms with Gasteiger partial charge in [-0.1, -0.05) is 12.1 Å². The fourth-order valence-corrected chi connectivity index (χ4v) is 1.47. The number of aryl methyl sites for hydroxylation is 1. The molecule has 0 aliphatic rings. The van der Waals surface area contributed by atoms with E-state index < -0.39 is 0 Å². The molecule has 0 fully saturated rings. The third-order valence-electron chi connectivity index (χ3n) is 2.21. The van der Waals surface area contributed by atoms with E-state index in [2.05, 4.69) is 24.2 Å². The zero-order valence-corrected chi connectivity index (χ0v) is 9.26. The Balaban J connectivity index is 2.18. The van der Waals surface area contributed by atoms with Crippen molar-refractivity contribution in [1.29, 1.82) is 0 Å². The monoisotopic (exact) mass is 217 g/mol. The minimum atomic E-state index is 0.510. The van der Waals surface area contributed by atoms with Gasteiger partial charge in [0.1, 0.15) is 6.61 Å². The molecular formula is C12H15N3O. The SMILES string of the molecule is Cc1cccc(-n2cc(OCCN)cn2)c1. The van der Waals surface area contributed by atoms with Gasteiger partial charge in [-0.15, -0.1) is 0 Å². The first-order valence-electron chi connectivity index (χ1n) is 5.24. The second kappa shape index (κ2) is 4.81. The molecule has 0 saturated carbocycles. The molecule has 16 heavy (non-hydrogen) atoms. The van der Waals surface area contributed by atoms with Crippen LogP contribution >= 0.6 is 0 Å². The number of ether oxygens (including phenoxy) is 1. The first-order valence-corrected chi connectivity index (χ1v) is 5.24. The van der Waals surface area contributed by atoms with Crippen LogP contribution in [0.3, 0.4) is 0 Å². The summed E-state index contributed by atoms with van der Waals surface area (Å²) in [6, 6.07) is 8.14. The molecule has 1 heterocycles. The fourth-order valence-electron chi connectivity index (χ4n) is 1.47. The smallest absolute Gasteiger partial charge is 0.157 e. The molecule has 4 heteroatoms. The fraction of sp³-hybridized carbons (Fsp3) is 0.250. The van der Waals surface area contributed by atoms with Gasteiger partial charge >= 0.3 is 0 Å². The van der Waals surface area contributed by atoms with Gasteiger partial charge in [-0.25, -0.2) is 4.68 Å². The maximum absolute atomic E-state index is 5.38. The maximum Gasteiger partial charge on any atom is 0.157 e. The molecule has 1 aromatic carbocycles. The van der Waals surface area contributed by atoms with Crippen molar-refractivity contribution in [1.82, 2.24) is 9.78 Å². The van der Waals surface area contributed by atoms with Crippen molar-refractivity contribution in [3.05, 3.63) is 42.2 Å². The van der Waals surface area contributed by atoms with Gasteiger partial charge in [0, 0.05) is 6.54 Å². The molecule has 1 aromatic heterocycles. The van der Waals surface area contributed by atoms with E-state index in [9.17, 15) is 0 Å². The van der Waals surface area contributed by atoms with Gasteiger partial charge in [-0.05, 0) is 24.6 Å². The summed E-state index contributed by atoms with van der Waals surface area (Å²) in [5.74, 6) is 0.743. The van der Waals surface area contributed by atoms with Crippen LogP contribution in [-0.4, -0.2) is 22.9 Å². The Bertz CT molecular complexity index is 465. The van der Waals surface area contributed by atoms with E-state index in [-0.39, 0.29) is 0 Å². The highest BCUT2D eigenvalue weighted by molar-refractivity contribution is 5.35. The third kappa shape index (κ3) is 2.41. The van der Waals surface area contributed by atoms with Crippen LogP contribution in [0, 0.1) is 6.92 Å². The molecular weight excluding hydrogens is 202 g/mol. The summed E-state index contributed by atoms with van der Waals surface area (Å²) >= 11 is 0. The lowest BCUT2D eigenvalue weighted by atomic mass is 10.2. The molecule has 2 rings (SSSR count). The van der Waals surface area contributed by atoms with Crippen molar-refractivity contribution in [2.75, 3.05) is 13.2 Å². The summed E-state index contributed by atoms with van der Waals surface area (Å²) in [7, 11) is 0. The second-order valence-electron chi connectivity index (χ2n) is 3.60. The van der Waals surface area contributed by atoms with Gasteiger partial charge in [0.2, 0.25) is 0 Å². The summed E-state index contributed by atoms with van der Waals surface area (Å²) in [6.07, 6.45) is 3.54. The van der Waals surface area contributed by atoms with E-state index in [1.807, 2.05) is 18.3 Å². The van der Waals surface area contributed by atoms with Crippen LogP contribution in [0.4, 0.5) is 0 Å². The molecule has 0 aliphatic heterocycles. The van der Waals surface area contributed by atoms with Gasteiger partial charge in [-0.3, -0.25) is 0 Å². The summed E-state index contributed by atoms with van der Waals surface area (Å²) in [6.45, 7) is 3.08. The molecule has 0 saturated heterocycles. The highest BCUT2D eigenvalue weighted by atomic mass is 16.5. The van der Waals surface area contributed by atoms with Crippen LogP contribution in [0.5, 0.6) is 5.75 Å². The predicted molar refractivity (Wildman–Crippen MR) is 62.9 cm³/mol. The van der Waals surface area contributed by atoms with E-state index in [1.165, 1.54) is 5.56 Å². The van der Waals surface area contributed by atoms with Crippen molar-refractivity contribution in [2.45, 2.75) is 6.92 Å². The molecule has 2 N–H and O–H groups in total. The number of hydrogen-bond acceptors (Lipinski definition) is 3. The lowest BCUT2D eigenvalue weighted by Crippen LogP contribution is -2.10. The van der Waals surface area contributed by atoms with Gasteiger partial charge in [0.05, 0.1) is 18.1 Å². The van der Waals surface area contributed by atoms with E-state index in [0.29, 0.717) is 13.2 Å². The highest BCUT2D eigenvalue weighted by Crippen LogP contribution is 2.14. The van der Waals surface area contributed by atoms with Crippen LogP contribution < -0.4 is 10.5 Å². The summed E-state index contributed by atoms with van der Waals surface area (Å²) < 4.78 is 7.17. The molecule has 0 unspecified atom stereocenters. The quantitative estimate of drug-likeness (QED) is 0.844. The summed E-state index contributed by atoms with van der Waals surface area (Å²) in [5.41, 5.74) is 7.60. The van der Waals surface area contributed by atoms with Crippen LogP contribution in [0.1, 0.15) is 5.56 Å². The lowest BCUT2D eigenvalue weighted by Gasteiger charge is -2.02. The van der Waals surface area contributed by atoms with Crippen LogP contribution in [0.15, 0.2) is 36.7 Å². The van der Waals surface area contributed by atoms with Crippen molar-refractivity contribution >= 4 is 0 Å². The predicted octanol–water partition coefficient (Wildman–Crippen LogP) is 1.52. The molecule has 84 valence electrons. The second-order valence-corrected chi connectivity index (χ2v) is 3.60. The normalized spacial score (nSPS) is 10.4. The lowest BCUT2D eigenvalue weighted by molar-refractivity contribution is 0.328. The van der Waals surface area contributed by atoms with Crippen molar-refractivity contribution in [2.24, 2.45) is 5.73 Å². The Hall–Kier alpha value is -1.81. The van der Waals surface area contributed by atoms with Crippen LogP contribution in [0.25, 0.3) is 5.69 Å². The number of nitrogens with zero attached hydrogens (tertiary/aromatic N) is 2. The number of nitrogens with two attached hydrogens (primary N) is 1. The first-order chi connectivity index (χ1) is 7.79. The Morgan fingerprint density at radius 2 is 2.31 bits per heavy atom. The number of hydrogen-bond donors (Lipinski definition) is 1. The molecule has 0 amide bonds. The number of benzene rings is 1. The molecule has 0 aliphatic carbocycles. The Kier molecular flexibility index (Phi) is 3.22. The van der Waals surface area contributed by atoms with Gasteiger partial charge in [-0.2, -0.15) is 5.10 Å². The van der Waals surface area contributed by atoms with Crippen LogP contribution in [0.2, 0.25) is 0 Å². The minimum absolute atomic E-state index is 0.510. The van der Waals surface area contributed by atoms with Crippen molar-refractivity contribution < 1.29 is 4.74 Å². The first kappa shape index (κ1) is 10.7. The number of rotatable bonds is 4. The average molecular weight is 217 g/mol. The number of aromatic nitrogens is 2. The Morgan fingerprint density at radius 1 is 1.44 bits per heavy atom. The molecule has 2 aromatic rings. The summed E-state index contributed by atoms with van der Waals surface area (Å²) in [4.78, 5) is 0. The average Bonchev–Trinajstić information content (AvgIpc) is 2.75. The van der Waals surface area contributed by atoms with E-state index >= 15 is 0 Å². The standard InChI is InChI=1S/C12H15N3O/c1-10-3-2-4-11(7-10)15-9-12(8-14-15)16-6-5-13/h2-4,7-9H,5-6,13H2,1H3. The van der Waals surface area contributed by atoms with Crippen molar-refractivity contribution in [3.63, 3.8) is 0 Å².